The smallest absolute Gasteiger partial charge is 0.186 e. The number of hydrogen-bond acceptors (Lipinski definition) is 6. The van der Waals surface area contributed by atoms with E-state index in [9.17, 15) is 15.3 Å². The zero-order valence-electron chi connectivity index (χ0n) is 8.61. The fourth-order valence-corrected chi connectivity index (χ4v) is 1.25. The lowest BCUT2D eigenvalue weighted by molar-refractivity contribution is -0.274. The van der Waals surface area contributed by atoms with Crippen molar-refractivity contribution in [1.29, 1.82) is 0 Å². The van der Waals surface area contributed by atoms with E-state index in [1.165, 1.54) is 0 Å². The van der Waals surface area contributed by atoms with Gasteiger partial charge in [0.15, 0.2) is 6.29 Å². The second-order valence-corrected chi connectivity index (χ2v) is 3.65. The van der Waals surface area contributed by atoms with Crippen LogP contribution in [0.4, 0.5) is 0 Å². The van der Waals surface area contributed by atoms with E-state index in [0.29, 0.717) is 6.42 Å². The van der Waals surface area contributed by atoms with Crippen LogP contribution < -0.4 is 0 Å². The Morgan fingerprint density at radius 2 is 2.00 bits per heavy atom. The molecule has 6 nitrogen and oxygen atoms in total. The minimum atomic E-state index is -1.29. The summed E-state index contributed by atoms with van der Waals surface area (Å²) >= 11 is 0. The van der Waals surface area contributed by atoms with Gasteiger partial charge in [-0.05, 0) is 6.42 Å². The van der Waals surface area contributed by atoms with Crippen LogP contribution in [0.5, 0.6) is 0 Å². The molecule has 0 aliphatic carbocycles. The largest absolute Gasteiger partial charge is 0.391 e. The number of rotatable bonds is 4. The first-order valence-electron chi connectivity index (χ1n) is 5.01. The van der Waals surface area contributed by atoms with E-state index in [4.69, 9.17) is 14.6 Å². The highest BCUT2D eigenvalue weighted by atomic mass is 16.7. The van der Waals surface area contributed by atoms with Crippen LogP contribution in [0.3, 0.4) is 0 Å². The van der Waals surface area contributed by atoms with Gasteiger partial charge >= 0.3 is 0 Å². The zero-order valence-corrected chi connectivity index (χ0v) is 8.61. The number of hydrogen-bond donors (Lipinski definition) is 4. The molecular formula is C9H18O6. The number of ether oxygens (including phenoxy) is 2. The van der Waals surface area contributed by atoms with E-state index >= 15 is 0 Å². The summed E-state index contributed by atoms with van der Waals surface area (Å²) < 4.78 is 10.0. The van der Waals surface area contributed by atoms with E-state index in [1.807, 2.05) is 0 Å². The maximum absolute atomic E-state index is 9.45. The Kier molecular flexibility index (Phi) is 4.91. The van der Waals surface area contributed by atoms with Gasteiger partial charge in [-0.25, -0.2) is 0 Å². The summed E-state index contributed by atoms with van der Waals surface area (Å²) in [6.45, 7) is 1.73. The van der Waals surface area contributed by atoms with Crippen molar-refractivity contribution < 1.29 is 29.9 Å². The Morgan fingerprint density at radius 3 is 2.60 bits per heavy atom. The summed E-state index contributed by atoms with van der Waals surface area (Å²) in [4.78, 5) is 0. The van der Waals surface area contributed by atoms with Crippen molar-refractivity contribution in [2.45, 2.75) is 44.1 Å². The van der Waals surface area contributed by atoms with E-state index in [-0.39, 0.29) is 13.2 Å². The van der Waals surface area contributed by atoms with Gasteiger partial charge in [-0.2, -0.15) is 0 Å². The van der Waals surface area contributed by atoms with Crippen molar-refractivity contribution in [2.75, 3.05) is 13.2 Å². The van der Waals surface area contributed by atoms with Crippen LogP contribution >= 0.6 is 0 Å². The highest BCUT2D eigenvalue weighted by Gasteiger charge is 2.38. The van der Waals surface area contributed by atoms with Gasteiger partial charge in [0.2, 0.25) is 0 Å². The maximum atomic E-state index is 9.45. The quantitative estimate of drug-likeness (QED) is 0.448. The molecule has 0 bridgehead atoms. The van der Waals surface area contributed by atoms with Crippen LogP contribution in [-0.2, 0) is 9.47 Å². The fourth-order valence-electron chi connectivity index (χ4n) is 1.25. The zero-order chi connectivity index (χ0) is 11.4. The summed E-state index contributed by atoms with van der Waals surface area (Å²) in [5.41, 5.74) is 0. The van der Waals surface area contributed by atoms with Gasteiger partial charge in [0.1, 0.15) is 18.3 Å². The maximum Gasteiger partial charge on any atom is 0.186 e. The first kappa shape index (κ1) is 12.8. The number of aliphatic hydroxyl groups excluding tert-OH is 4. The number of aliphatic hydroxyl groups is 4. The second kappa shape index (κ2) is 5.74. The molecular weight excluding hydrogens is 204 g/mol. The van der Waals surface area contributed by atoms with Gasteiger partial charge in [-0.15, -0.1) is 0 Å². The molecule has 0 radical (unpaired) electrons. The van der Waals surface area contributed by atoms with Crippen LogP contribution in [0, 0.1) is 0 Å². The van der Waals surface area contributed by atoms with Crippen molar-refractivity contribution in [3.8, 4) is 0 Å². The monoisotopic (exact) mass is 222 g/mol. The van der Waals surface area contributed by atoms with Crippen molar-refractivity contribution in [3.63, 3.8) is 0 Å². The molecule has 1 aliphatic rings. The third kappa shape index (κ3) is 3.37. The molecule has 15 heavy (non-hydrogen) atoms. The lowest BCUT2D eigenvalue weighted by atomic mass is 10.1. The molecule has 1 fully saturated rings. The van der Waals surface area contributed by atoms with Crippen molar-refractivity contribution in [3.05, 3.63) is 0 Å². The molecule has 0 aromatic rings. The predicted molar refractivity (Wildman–Crippen MR) is 50.0 cm³/mol. The standard InChI is InChI=1S/C9H18O6/c1-2-5(10)3-14-9-8(13)7(12)6(11)4-15-9/h5-13H,2-4H2,1H3/t5?,6-,7+,8-,9-/m1/s1. The molecule has 1 unspecified atom stereocenters. The molecule has 0 spiro atoms. The minimum absolute atomic E-state index is 0.0288. The SMILES string of the molecule is CCC(O)CO[C@@H]1OC[C@@H](O)[C@H](O)[C@H]1O. The van der Waals surface area contributed by atoms with Crippen LogP contribution in [0.1, 0.15) is 13.3 Å². The third-order valence-electron chi connectivity index (χ3n) is 2.38. The van der Waals surface area contributed by atoms with E-state index < -0.39 is 30.7 Å². The molecule has 0 aromatic carbocycles. The summed E-state index contributed by atoms with van der Waals surface area (Å²) in [5.74, 6) is 0. The topological polar surface area (TPSA) is 99.4 Å². The molecule has 1 heterocycles. The minimum Gasteiger partial charge on any atom is -0.391 e. The molecule has 90 valence electrons. The highest BCUT2D eigenvalue weighted by Crippen LogP contribution is 2.16. The average Bonchev–Trinajstić information content (AvgIpc) is 2.24. The predicted octanol–water partition coefficient (Wildman–Crippen LogP) is -1.79. The molecule has 0 aromatic heterocycles. The molecule has 6 heteroatoms. The van der Waals surface area contributed by atoms with Gasteiger partial charge in [0.05, 0.1) is 19.3 Å². The van der Waals surface area contributed by atoms with Gasteiger partial charge in [0, 0.05) is 0 Å². The van der Waals surface area contributed by atoms with E-state index in [2.05, 4.69) is 0 Å². The van der Waals surface area contributed by atoms with Gasteiger partial charge < -0.3 is 29.9 Å². The Balaban J connectivity index is 2.36. The third-order valence-corrected chi connectivity index (χ3v) is 2.38. The van der Waals surface area contributed by atoms with Crippen LogP contribution in [0.2, 0.25) is 0 Å². The Morgan fingerprint density at radius 1 is 1.33 bits per heavy atom. The highest BCUT2D eigenvalue weighted by molar-refractivity contribution is 4.82. The molecule has 1 rings (SSSR count). The summed E-state index contributed by atoms with van der Waals surface area (Å²) in [6.07, 6.45) is -4.75. The molecule has 5 atom stereocenters. The molecule has 0 amide bonds. The summed E-state index contributed by atoms with van der Waals surface area (Å²) in [6, 6.07) is 0. The van der Waals surface area contributed by atoms with Crippen LogP contribution in [-0.4, -0.2) is 64.3 Å². The molecule has 1 saturated heterocycles. The molecule has 0 saturated carbocycles. The second-order valence-electron chi connectivity index (χ2n) is 3.65. The fraction of sp³-hybridized carbons (Fsp3) is 1.00. The lowest BCUT2D eigenvalue weighted by Gasteiger charge is -2.35. The normalized spacial score (nSPS) is 39.0. The average molecular weight is 222 g/mol. The van der Waals surface area contributed by atoms with Gasteiger partial charge in [-0.3, -0.25) is 0 Å². The van der Waals surface area contributed by atoms with Crippen molar-refractivity contribution in [1.82, 2.24) is 0 Å². The van der Waals surface area contributed by atoms with Crippen molar-refractivity contribution in [2.24, 2.45) is 0 Å². The Labute approximate surface area is 88.1 Å². The lowest BCUT2D eigenvalue weighted by Crippen LogP contribution is -2.54. The summed E-state index contributed by atoms with van der Waals surface area (Å²) in [5, 5.41) is 37.1. The van der Waals surface area contributed by atoms with Crippen LogP contribution in [0.25, 0.3) is 0 Å². The molecule has 1 aliphatic heterocycles. The van der Waals surface area contributed by atoms with Gasteiger partial charge in [-0.1, -0.05) is 6.92 Å². The van der Waals surface area contributed by atoms with Crippen molar-refractivity contribution >= 4 is 0 Å². The van der Waals surface area contributed by atoms with Gasteiger partial charge in [0.25, 0.3) is 0 Å². The summed E-state index contributed by atoms with van der Waals surface area (Å²) in [7, 11) is 0. The van der Waals surface area contributed by atoms with E-state index in [1.54, 1.807) is 6.92 Å². The van der Waals surface area contributed by atoms with E-state index in [0.717, 1.165) is 0 Å². The Bertz CT molecular complexity index is 187. The Hall–Kier alpha value is -0.240. The first-order chi connectivity index (χ1) is 7.06. The molecule has 4 N–H and O–H groups in total. The van der Waals surface area contributed by atoms with Crippen LogP contribution in [0.15, 0.2) is 0 Å². The first-order valence-corrected chi connectivity index (χ1v) is 5.01.